The lowest BCUT2D eigenvalue weighted by atomic mass is 9.98. The third-order valence-electron chi connectivity index (χ3n) is 7.14. The molecule has 1 N–H and O–H groups in total. The molecule has 3 aromatic heterocycles. The van der Waals surface area contributed by atoms with E-state index in [-0.39, 0.29) is 11.6 Å². The van der Waals surface area contributed by atoms with Crippen LogP contribution < -0.4 is 15.6 Å². The second-order valence-corrected chi connectivity index (χ2v) is 9.81. The Balaban J connectivity index is 1.54. The Morgan fingerprint density at radius 2 is 1.59 bits per heavy atom. The van der Waals surface area contributed by atoms with Crippen molar-refractivity contribution in [2.75, 3.05) is 12.4 Å². The molecule has 7 heteroatoms. The van der Waals surface area contributed by atoms with E-state index < -0.39 is 0 Å². The number of aromatic nitrogens is 4. The van der Waals surface area contributed by atoms with Crippen LogP contribution in [-0.4, -0.2) is 26.6 Å². The van der Waals surface area contributed by atoms with Crippen molar-refractivity contribution >= 4 is 16.6 Å². The number of rotatable bonds is 7. The molecular formula is C34H29N5O2. The normalized spacial score (nSPS) is 11.8. The molecule has 0 bridgehead atoms. The predicted octanol–water partition coefficient (Wildman–Crippen LogP) is 7.00. The van der Waals surface area contributed by atoms with Crippen molar-refractivity contribution < 1.29 is 4.74 Å². The quantitative estimate of drug-likeness (QED) is 0.235. The fourth-order valence-corrected chi connectivity index (χ4v) is 5.16. The van der Waals surface area contributed by atoms with Crippen LogP contribution in [-0.2, 0) is 0 Å². The minimum Gasteiger partial charge on any atom is -0.481 e. The van der Waals surface area contributed by atoms with Crippen molar-refractivity contribution in [2.45, 2.75) is 19.9 Å². The zero-order valence-electron chi connectivity index (χ0n) is 23.1. The van der Waals surface area contributed by atoms with E-state index in [0.29, 0.717) is 22.9 Å². The van der Waals surface area contributed by atoms with Crippen LogP contribution in [0.3, 0.4) is 0 Å². The van der Waals surface area contributed by atoms with Crippen molar-refractivity contribution in [3.05, 3.63) is 131 Å². The summed E-state index contributed by atoms with van der Waals surface area (Å²) in [6.45, 7) is 3.92. The van der Waals surface area contributed by atoms with Gasteiger partial charge in [0.1, 0.15) is 11.6 Å². The van der Waals surface area contributed by atoms with Gasteiger partial charge in [-0.2, -0.15) is 0 Å². The number of methoxy groups -OCH3 is 1. The summed E-state index contributed by atoms with van der Waals surface area (Å²) in [6, 6.07) is 31.2. The van der Waals surface area contributed by atoms with Gasteiger partial charge in [-0.25, -0.2) is 15.0 Å². The summed E-state index contributed by atoms with van der Waals surface area (Å²) in [7, 11) is 1.58. The molecule has 6 rings (SSSR count). The molecule has 41 heavy (non-hydrogen) atoms. The number of nitrogens with zero attached hydrogens (tertiary/aromatic N) is 4. The molecule has 3 heterocycles. The Morgan fingerprint density at radius 1 is 0.829 bits per heavy atom. The van der Waals surface area contributed by atoms with Gasteiger partial charge in [-0.15, -0.1) is 0 Å². The highest BCUT2D eigenvalue weighted by Crippen LogP contribution is 2.33. The van der Waals surface area contributed by atoms with E-state index in [1.54, 1.807) is 17.9 Å². The molecule has 0 saturated carbocycles. The number of para-hydroxylation sites is 1. The van der Waals surface area contributed by atoms with E-state index in [1.165, 1.54) is 0 Å². The highest BCUT2D eigenvalue weighted by Gasteiger charge is 2.20. The van der Waals surface area contributed by atoms with Crippen LogP contribution in [0.25, 0.3) is 38.7 Å². The Morgan fingerprint density at radius 3 is 2.34 bits per heavy atom. The zero-order valence-corrected chi connectivity index (χ0v) is 23.1. The lowest BCUT2D eigenvalue weighted by Gasteiger charge is -2.23. The smallest absolute Gasteiger partial charge is 0.263 e. The van der Waals surface area contributed by atoms with Crippen molar-refractivity contribution in [2.24, 2.45) is 0 Å². The Kier molecular flexibility index (Phi) is 7.00. The predicted molar refractivity (Wildman–Crippen MR) is 164 cm³/mol. The topological polar surface area (TPSA) is 81.9 Å². The maximum Gasteiger partial charge on any atom is 0.263 e. The number of fused-ring (bicyclic) bond motifs is 1. The Hall–Kier alpha value is -5.30. The monoisotopic (exact) mass is 539 g/mol. The molecule has 0 spiro atoms. The molecule has 0 unspecified atom stereocenters. The van der Waals surface area contributed by atoms with Crippen LogP contribution in [0, 0.1) is 6.92 Å². The first-order valence-corrected chi connectivity index (χ1v) is 13.4. The second-order valence-electron chi connectivity index (χ2n) is 9.81. The maximum atomic E-state index is 14.5. The first-order valence-electron chi connectivity index (χ1n) is 13.4. The first kappa shape index (κ1) is 26.0. The SMILES string of the molecule is COc1cc(-c2cccc3cc([C@H](C)Nc4nc(C)ncc4-c4ccccc4)n(-c4ccccc4)c(=O)c23)ccn1. The first-order chi connectivity index (χ1) is 20.0. The highest BCUT2D eigenvalue weighted by atomic mass is 16.5. The highest BCUT2D eigenvalue weighted by molar-refractivity contribution is 5.96. The van der Waals surface area contributed by atoms with Crippen molar-refractivity contribution in [3.63, 3.8) is 0 Å². The molecule has 0 radical (unpaired) electrons. The summed E-state index contributed by atoms with van der Waals surface area (Å²) in [6.07, 6.45) is 3.53. The molecule has 3 aromatic carbocycles. The summed E-state index contributed by atoms with van der Waals surface area (Å²) < 4.78 is 7.15. The van der Waals surface area contributed by atoms with E-state index in [4.69, 9.17) is 9.72 Å². The van der Waals surface area contributed by atoms with Crippen LogP contribution >= 0.6 is 0 Å². The van der Waals surface area contributed by atoms with Gasteiger partial charge in [0.15, 0.2) is 0 Å². The van der Waals surface area contributed by atoms with Gasteiger partial charge in [-0.3, -0.25) is 9.36 Å². The second kappa shape index (κ2) is 11.1. The number of anilines is 1. The number of hydrogen-bond donors (Lipinski definition) is 1. The minimum absolute atomic E-state index is 0.106. The van der Waals surface area contributed by atoms with E-state index in [1.807, 2.05) is 111 Å². The van der Waals surface area contributed by atoms with Crippen LogP contribution in [0.2, 0.25) is 0 Å². The summed E-state index contributed by atoms with van der Waals surface area (Å²) in [4.78, 5) is 27.9. The van der Waals surface area contributed by atoms with Crippen LogP contribution in [0.1, 0.15) is 24.5 Å². The molecule has 0 amide bonds. The zero-order chi connectivity index (χ0) is 28.3. The van der Waals surface area contributed by atoms with Gasteiger partial charge in [-0.05, 0) is 60.2 Å². The number of nitrogens with one attached hydrogen (secondary N) is 1. The van der Waals surface area contributed by atoms with E-state index >= 15 is 0 Å². The van der Waals surface area contributed by atoms with Gasteiger partial charge in [0.05, 0.1) is 18.5 Å². The third-order valence-corrected chi connectivity index (χ3v) is 7.14. The number of benzene rings is 3. The summed E-state index contributed by atoms with van der Waals surface area (Å²) in [5, 5.41) is 5.07. The minimum atomic E-state index is -0.270. The Bertz CT molecular complexity index is 1900. The molecule has 7 nitrogen and oxygen atoms in total. The molecule has 202 valence electrons. The number of aryl methyl sites for hydroxylation is 1. The number of pyridine rings is 2. The van der Waals surface area contributed by atoms with Crippen molar-refractivity contribution in [1.29, 1.82) is 0 Å². The van der Waals surface area contributed by atoms with Crippen molar-refractivity contribution in [3.8, 4) is 33.8 Å². The van der Waals surface area contributed by atoms with Crippen LogP contribution in [0.15, 0.2) is 114 Å². The third kappa shape index (κ3) is 5.05. The van der Waals surface area contributed by atoms with Gasteiger partial charge >= 0.3 is 0 Å². The fraction of sp³-hybridized carbons (Fsp3) is 0.118. The van der Waals surface area contributed by atoms with Crippen molar-refractivity contribution in [1.82, 2.24) is 19.5 Å². The lowest BCUT2D eigenvalue weighted by molar-refractivity contribution is 0.398. The Labute approximate surface area is 238 Å². The van der Waals surface area contributed by atoms with Gasteiger partial charge < -0.3 is 10.1 Å². The number of ether oxygens (including phenoxy) is 1. The van der Waals surface area contributed by atoms with Gasteiger partial charge in [0.2, 0.25) is 5.88 Å². The summed E-state index contributed by atoms with van der Waals surface area (Å²) in [5.74, 6) is 1.86. The standard InChI is InChI=1S/C34H29N5O2/c1-22(37-33-29(21-36-23(2)38-33)24-11-6-4-7-12-24)30-19-26-13-10-16-28(25-17-18-35-31(20-25)41-3)32(26)34(40)39(30)27-14-8-5-9-15-27/h4-22H,1-3H3,(H,36,37,38)/t22-/m0/s1. The van der Waals surface area contributed by atoms with Crippen LogP contribution in [0.5, 0.6) is 5.88 Å². The molecule has 0 aliphatic heterocycles. The molecule has 1 atom stereocenters. The largest absolute Gasteiger partial charge is 0.481 e. The molecule has 0 aliphatic rings. The fourth-order valence-electron chi connectivity index (χ4n) is 5.16. The number of hydrogen-bond acceptors (Lipinski definition) is 6. The maximum absolute atomic E-state index is 14.5. The van der Waals surface area contributed by atoms with Gasteiger partial charge in [0.25, 0.3) is 5.56 Å². The lowest BCUT2D eigenvalue weighted by Crippen LogP contribution is -2.26. The average Bonchev–Trinajstić information content (AvgIpc) is 3.01. The van der Waals surface area contributed by atoms with Gasteiger partial charge in [-0.1, -0.05) is 66.7 Å². The van der Waals surface area contributed by atoms with E-state index in [0.717, 1.165) is 39.0 Å². The van der Waals surface area contributed by atoms with E-state index in [9.17, 15) is 4.79 Å². The molecule has 0 fully saturated rings. The molecular weight excluding hydrogens is 510 g/mol. The molecule has 0 saturated heterocycles. The summed E-state index contributed by atoms with van der Waals surface area (Å²) >= 11 is 0. The average molecular weight is 540 g/mol. The van der Waals surface area contributed by atoms with Crippen LogP contribution in [0.4, 0.5) is 5.82 Å². The van der Waals surface area contributed by atoms with E-state index in [2.05, 4.69) is 21.4 Å². The molecule has 0 aliphatic carbocycles. The molecule has 6 aromatic rings. The van der Waals surface area contributed by atoms with Gasteiger partial charge in [0, 0.05) is 35.4 Å². The summed E-state index contributed by atoms with van der Waals surface area (Å²) in [5.41, 5.74) is 5.08.